The van der Waals surface area contributed by atoms with Crippen molar-refractivity contribution >= 4 is 23.0 Å². The van der Waals surface area contributed by atoms with Crippen LogP contribution in [0.25, 0.3) is 17.0 Å². The lowest BCUT2D eigenvalue weighted by Crippen LogP contribution is -2.46. The van der Waals surface area contributed by atoms with Crippen LogP contribution in [0, 0.1) is 17.5 Å². The molecule has 1 aliphatic rings. The first-order valence-electron chi connectivity index (χ1n) is 9.83. The summed E-state index contributed by atoms with van der Waals surface area (Å²) in [7, 11) is 0. The minimum Gasteiger partial charge on any atom is -0.472 e. The van der Waals surface area contributed by atoms with Crippen molar-refractivity contribution in [3.05, 3.63) is 77.5 Å². The number of carbonyl (C=O) groups is 1. The normalized spacial score (nSPS) is 19.8. The van der Waals surface area contributed by atoms with E-state index in [1.54, 1.807) is 0 Å². The Hall–Kier alpha value is -4.00. The molecule has 0 unspecified atom stereocenters. The highest BCUT2D eigenvalue weighted by atomic mass is 19.1. The third-order valence-corrected chi connectivity index (χ3v) is 5.03. The predicted octanol–water partition coefficient (Wildman–Crippen LogP) is 1.77. The van der Waals surface area contributed by atoms with Gasteiger partial charge in [0.1, 0.15) is 35.3 Å². The molecule has 0 saturated carbocycles. The van der Waals surface area contributed by atoms with E-state index in [1.165, 1.54) is 24.5 Å². The Morgan fingerprint density at radius 2 is 1.82 bits per heavy atom. The zero-order valence-corrected chi connectivity index (χ0v) is 17.2. The number of nitrogens with one attached hydrogen (secondary N) is 1. The van der Waals surface area contributed by atoms with Crippen molar-refractivity contribution in [3.63, 3.8) is 0 Å². The maximum atomic E-state index is 14.5. The lowest BCUT2D eigenvalue weighted by Gasteiger charge is -2.30. The van der Waals surface area contributed by atoms with Gasteiger partial charge in [-0.25, -0.2) is 18.2 Å². The number of amides is 1. The molecule has 3 atom stereocenters. The van der Waals surface area contributed by atoms with Crippen LogP contribution in [0.5, 0.6) is 0 Å². The molecule has 0 saturated heterocycles. The molecule has 1 aromatic carbocycles. The fourth-order valence-electron chi connectivity index (χ4n) is 3.33. The topological polar surface area (TPSA) is 157 Å². The molecule has 3 aromatic rings. The molecule has 0 bridgehead atoms. The first-order chi connectivity index (χ1) is 16.2. The number of rotatable bonds is 4. The highest BCUT2D eigenvalue weighted by molar-refractivity contribution is 6.07. The van der Waals surface area contributed by atoms with Crippen LogP contribution in [0.2, 0.25) is 0 Å². The lowest BCUT2D eigenvalue weighted by atomic mass is 10.0. The van der Waals surface area contributed by atoms with Crippen molar-refractivity contribution in [2.45, 2.75) is 18.4 Å². The average Bonchev–Trinajstić information content (AvgIpc) is 2.78. The summed E-state index contributed by atoms with van der Waals surface area (Å²) >= 11 is 0. The molecule has 7 N–H and O–H groups in total. The van der Waals surface area contributed by atoms with Crippen LogP contribution in [0.1, 0.15) is 16.1 Å². The number of anilines is 2. The van der Waals surface area contributed by atoms with Gasteiger partial charge in [0, 0.05) is 17.8 Å². The van der Waals surface area contributed by atoms with Crippen LogP contribution in [0.15, 0.2) is 48.8 Å². The molecule has 4 rings (SSSR count). The molecule has 2 aromatic heterocycles. The highest BCUT2D eigenvalue weighted by Gasteiger charge is 2.31. The van der Waals surface area contributed by atoms with Crippen molar-refractivity contribution in [2.24, 2.45) is 5.73 Å². The van der Waals surface area contributed by atoms with E-state index in [-0.39, 0.29) is 22.7 Å². The van der Waals surface area contributed by atoms with E-state index in [2.05, 4.69) is 15.3 Å². The van der Waals surface area contributed by atoms with Gasteiger partial charge in [-0.15, -0.1) is 0 Å². The first-order valence-corrected chi connectivity index (χ1v) is 9.83. The number of carbonyl (C=O) groups excluding carboxylic acids is 1. The fourth-order valence-corrected chi connectivity index (χ4v) is 3.33. The van der Waals surface area contributed by atoms with Gasteiger partial charge in [0.2, 0.25) is 0 Å². The minimum absolute atomic E-state index is 0.0529. The van der Waals surface area contributed by atoms with Crippen molar-refractivity contribution in [2.75, 3.05) is 11.1 Å². The van der Waals surface area contributed by atoms with Crippen molar-refractivity contribution in [1.82, 2.24) is 9.97 Å². The van der Waals surface area contributed by atoms with Gasteiger partial charge in [-0.2, -0.15) is 0 Å². The number of halogens is 3. The number of benzene rings is 1. The third-order valence-electron chi connectivity index (χ3n) is 5.03. The highest BCUT2D eigenvalue weighted by Crippen LogP contribution is 2.31. The fraction of sp³-hybridized carbons (Fsp3) is 0.136. The van der Waals surface area contributed by atoms with Gasteiger partial charge in [-0.3, -0.25) is 15.5 Å². The summed E-state index contributed by atoms with van der Waals surface area (Å²) < 4.78 is 48.3. The Morgan fingerprint density at radius 3 is 2.50 bits per heavy atom. The summed E-state index contributed by atoms with van der Waals surface area (Å²) in [6.45, 7) is 0. The van der Waals surface area contributed by atoms with Gasteiger partial charge in [-0.1, -0.05) is 6.07 Å². The summed E-state index contributed by atoms with van der Waals surface area (Å²) in [4.78, 5) is 20.6. The molecule has 0 radical (unpaired) electrons. The van der Waals surface area contributed by atoms with E-state index in [0.717, 1.165) is 24.3 Å². The number of aliphatic hydroxyl groups excluding tert-OH is 2. The van der Waals surface area contributed by atoms with Gasteiger partial charge >= 0.3 is 0 Å². The molecular weight excluding hydrogens is 455 g/mol. The molecule has 1 amide bonds. The molecule has 0 fully saturated rings. The maximum absolute atomic E-state index is 14.5. The molecule has 34 heavy (non-hydrogen) atoms. The van der Waals surface area contributed by atoms with Crippen LogP contribution in [-0.4, -0.2) is 44.5 Å². The van der Waals surface area contributed by atoms with Gasteiger partial charge in [0.05, 0.1) is 23.1 Å². The van der Waals surface area contributed by atoms with Gasteiger partial charge < -0.3 is 26.0 Å². The molecule has 176 valence electrons. The smallest absolute Gasteiger partial charge is 0.276 e. The van der Waals surface area contributed by atoms with Crippen LogP contribution < -0.4 is 16.8 Å². The van der Waals surface area contributed by atoms with Gasteiger partial charge in [-0.05, 0) is 24.3 Å². The number of nitrogens with two attached hydrogens (primary N) is 2. The summed E-state index contributed by atoms with van der Waals surface area (Å²) in [5, 5.41) is 22.2. The summed E-state index contributed by atoms with van der Waals surface area (Å²) in [6.07, 6.45) is -0.103. The monoisotopic (exact) mass is 473 g/mol. The van der Waals surface area contributed by atoms with Crippen LogP contribution in [0.3, 0.4) is 0 Å². The second kappa shape index (κ2) is 9.09. The van der Waals surface area contributed by atoms with Crippen molar-refractivity contribution < 1.29 is 32.9 Å². The van der Waals surface area contributed by atoms with E-state index in [0.29, 0.717) is 0 Å². The molecular formula is C22H18F3N5O4. The number of hydrogen-bond acceptors (Lipinski definition) is 8. The van der Waals surface area contributed by atoms with Crippen molar-refractivity contribution in [3.8, 4) is 11.3 Å². The van der Waals surface area contributed by atoms with E-state index in [1.807, 2.05) is 0 Å². The minimum atomic E-state index is -1.36. The molecule has 3 heterocycles. The lowest BCUT2D eigenvalue weighted by molar-refractivity contribution is -0.0507. The number of aliphatic hydroxyl groups is 2. The summed E-state index contributed by atoms with van der Waals surface area (Å²) in [5.41, 5.74) is 9.37. The van der Waals surface area contributed by atoms with E-state index < -0.39 is 58.7 Å². The largest absolute Gasteiger partial charge is 0.472 e. The SMILES string of the molecule is Nc1cc(F)c(-c2c(F)cccc2F)nc1C(=O)Nc1cnccc1C1=C[C@@H](O)[C@H](O)[C@@H](N)O1. The van der Waals surface area contributed by atoms with E-state index >= 15 is 0 Å². The number of aromatic nitrogens is 2. The summed E-state index contributed by atoms with van der Waals surface area (Å²) in [6, 6.07) is 5.12. The zero-order valence-electron chi connectivity index (χ0n) is 17.2. The zero-order chi connectivity index (χ0) is 24.6. The van der Waals surface area contributed by atoms with E-state index in [4.69, 9.17) is 16.2 Å². The number of nitrogen functional groups attached to an aromatic ring is 1. The average molecular weight is 473 g/mol. The number of ether oxygens (including phenoxy) is 1. The Bertz CT molecular complexity index is 1280. The first kappa shape index (κ1) is 23.2. The number of nitrogens with zero attached hydrogens (tertiary/aromatic N) is 2. The molecule has 12 heteroatoms. The van der Waals surface area contributed by atoms with Gasteiger partial charge in [0.15, 0.2) is 17.7 Å². The quantitative estimate of drug-likeness (QED) is 0.384. The molecule has 1 aliphatic heterocycles. The number of hydrogen-bond donors (Lipinski definition) is 5. The predicted molar refractivity (Wildman–Crippen MR) is 115 cm³/mol. The maximum Gasteiger partial charge on any atom is 0.276 e. The Balaban J connectivity index is 1.71. The van der Waals surface area contributed by atoms with Crippen LogP contribution in [-0.2, 0) is 4.74 Å². The second-order valence-electron chi connectivity index (χ2n) is 7.32. The number of pyridine rings is 2. The standard InChI is InChI=1S/C22H18F3N5O4/c23-10-2-1-3-11(24)17(10)18-12(25)6-13(26)19(30-18)22(33)29-14-8-28-5-4-9(14)16-7-15(31)20(32)21(27)34-16/h1-8,15,20-21,31-32H,26-27H2,(H,29,33)/t15-,20+,21+/m1/s1. The Labute approximate surface area is 190 Å². The molecule has 0 spiro atoms. The van der Waals surface area contributed by atoms with Crippen LogP contribution in [0.4, 0.5) is 24.5 Å². The van der Waals surface area contributed by atoms with Crippen LogP contribution >= 0.6 is 0 Å². The summed E-state index contributed by atoms with van der Waals surface area (Å²) in [5.74, 6) is -4.16. The second-order valence-corrected chi connectivity index (χ2v) is 7.32. The van der Waals surface area contributed by atoms with Crippen molar-refractivity contribution in [1.29, 1.82) is 0 Å². The Morgan fingerprint density at radius 1 is 1.12 bits per heavy atom. The van der Waals surface area contributed by atoms with Gasteiger partial charge in [0.25, 0.3) is 5.91 Å². The Kier molecular flexibility index (Phi) is 6.20. The molecule has 0 aliphatic carbocycles. The molecule has 9 nitrogen and oxygen atoms in total. The third kappa shape index (κ3) is 4.29. The van der Waals surface area contributed by atoms with E-state index in [9.17, 15) is 28.2 Å².